The molecular weight excluding hydrogens is 138 g/mol. The number of aromatic nitrogens is 2. The fraction of sp³-hybridized carbons (Fsp3) is 0.500. The molecular formula is C8H13N3. The van der Waals surface area contributed by atoms with Crippen LogP contribution >= 0.6 is 0 Å². The average molecular weight is 151 g/mol. The van der Waals surface area contributed by atoms with Crippen molar-refractivity contribution in [1.29, 1.82) is 0 Å². The second-order valence-corrected chi connectivity index (χ2v) is 2.75. The fourth-order valence-corrected chi connectivity index (χ4v) is 1.04. The number of rotatable bonds is 1. The molecule has 3 nitrogen and oxygen atoms in total. The molecule has 0 saturated carbocycles. The Bertz CT molecular complexity index is 256. The van der Waals surface area contributed by atoms with Crippen LogP contribution in [0.15, 0.2) is 6.20 Å². The average Bonchev–Trinajstić information content (AvgIpc) is 1.85. The van der Waals surface area contributed by atoms with E-state index in [-0.39, 0.29) is 6.04 Å². The van der Waals surface area contributed by atoms with Crippen LogP contribution in [-0.4, -0.2) is 9.97 Å². The number of hydrogen-bond acceptors (Lipinski definition) is 3. The maximum absolute atomic E-state index is 5.68. The zero-order chi connectivity index (χ0) is 8.43. The van der Waals surface area contributed by atoms with Gasteiger partial charge in [-0.3, -0.25) is 0 Å². The lowest BCUT2D eigenvalue weighted by Gasteiger charge is -2.07. The highest BCUT2D eigenvalue weighted by Gasteiger charge is 2.04. The topological polar surface area (TPSA) is 51.8 Å². The summed E-state index contributed by atoms with van der Waals surface area (Å²) in [5.41, 5.74) is 7.69. The third-order valence-corrected chi connectivity index (χ3v) is 1.63. The van der Waals surface area contributed by atoms with Gasteiger partial charge in [0.2, 0.25) is 0 Å². The number of nitrogens with zero attached hydrogens (tertiary/aromatic N) is 2. The lowest BCUT2D eigenvalue weighted by molar-refractivity contribution is 0.782. The van der Waals surface area contributed by atoms with E-state index >= 15 is 0 Å². The van der Waals surface area contributed by atoms with Crippen molar-refractivity contribution in [3.05, 3.63) is 23.3 Å². The molecule has 0 aromatic carbocycles. The molecule has 1 rings (SSSR count). The molecule has 0 aliphatic rings. The van der Waals surface area contributed by atoms with Gasteiger partial charge in [-0.15, -0.1) is 0 Å². The summed E-state index contributed by atoms with van der Waals surface area (Å²) in [5, 5.41) is 0. The second-order valence-electron chi connectivity index (χ2n) is 2.75. The molecule has 1 aromatic heterocycles. The minimum atomic E-state index is 0.0237. The summed E-state index contributed by atoms with van der Waals surface area (Å²) >= 11 is 0. The van der Waals surface area contributed by atoms with Crippen LogP contribution in [0.1, 0.15) is 30.0 Å². The monoisotopic (exact) mass is 151 g/mol. The Morgan fingerprint density at radius 2 is 2.09 bits per heavy atom. The molecule has 0 fully saturated rings. The van der Waals surface area contributed by atoms with Crippen LogP contribution in [0.3, 0.4) is 0 Å². The minimum Gasteiger partial charge on any atom is -0.324 e. The molecule has 0 aliphatic carbocycles. The quantitative estimate of drug-likeness (QED) is 0.654. The molecule has 0 bridgehead atoms. The SMILES string of the molecule is Cc1ncc([C@@H](C)N)c(C)n1. The van der Waals surface area contributed by atoms with Gasteiger partial charge >= 0.3 is 0 Å². The molecule has 0 aliphatic heterocycles. The molecule has 0 spiro atoms. The van der Waals surface area contributed by atoms with E-state index in [0.29, 0.717) is 0 Å². The molecule has 1 heterocycles. The number of aryl methyl sites for hydroxylation is 2. The molecule has 3 heteroatoms. The van der Waals surface area contributed by atoms with Crippen LogP contribution in [0.5, 0.6) is 0 Å². The van der Waals surface area contributed by atoms with Crippen molar-refractivity contribution < 1.29 is 0 Å². The first-order valence-corrected chi connectivity index (χ1v) is 3.67. The first-order chi connectivity index (χ1) is 5.11. The zero-order valence-electron chi connectivity index (χ0n) is 7.13. The Hall–Kier alpha value is -0.960. The summed E-state index contributed by atoms with van der Waals surface area (Å²) in [4.78, 5) is 8.27. The number of hydrogen-bond donors (Lipinski definition) is 1. The zero-order valence-corrected chi connectivity index (χ0v) is 7.13. The fourth-order valence-electron chi connectivity index (χ4n) is 1.04. The Morgan fingerprint density at radius 3 is 2.55 bits per heavy atom. The van der Waals surface area contributed by atoms with E-state index in [1.165, 1.54) is 0 Å². The molecule has 0 unspecified atom stereocenters. The molecule has 1 atom stereocenters. The van der Waals surface area contributed by atoms with Crippen molar-refractivity contribution in [3.8, 4) is 0 Å². The smallest absolute Gasteiger partial charge is 0.125 e. The van der Waals surface area contributed by atoms with Crippen LogP contribution in [0.4, 0.5) is 0 Å². The molecule has 1 aromatic rings. The summed E-state index contributed by atoms with van der Waals surface area (Å²) in [7, 11) is 0. The van der Waals surface area contributed by atoms with Gasteiger partial charge in [0.25, 0.3) is 0 Å². The van der Waals surface area contributed by atoms with E-state index in [4.69, 9.17) is 5.73 Å². The highest BCUT2D eigenvalue weighted by molar-refractivity contribution is 5.18. The molecule has 60 valence electrons. The van der Waals surface area contributed by atoms with Crippen molar-refractivity contribution in [2.75, 3.05) is 0 Å². The second kappa shape index (κ2) is 2.96. The van der Waals surface area contributed by atoms with E-state index in [1.807, 2.05) is 20.8 Å². The predicted octanol–water partition coefficient (Wildman–Crippen LogP) is 1.11. The summed E-state index contributed by atoms with van der Waals surface area (Å²) < 4.78 is 0. The van der Waals surface area contributed by atoms with Crippen molar-refractivity contribution in [2.45, 2.75) is 26.8 Å². The van der Waals surface area contributed by atoms with Crippen molar-refractivity contribution in [2.24, 2.45) is 5.73 Å². The Labute approximate surface area is 66.7 Å². The number of nitrogens with two attached hydrogens (primary N) is 1. The standard InChI is InChI=1S/C8H13N3/c1-5(9)8-4-10-7(3)11-6(8)2/h4-5H,9H2,1-3H3/t5-/m1/s1. The van der Waals surface area contributed by atoms with E-state index in [2.05, 4.69) is 9.97 Å². The van der Waals surface area contributed by atoms with Gasteiger partial charge < -0.3 is 5.73 Å². The maximum atomic E-state index is 5.68. The van der Waals surface area contributed by atoms with Gasteiger partial charge in [-0.25, -0.2) is 9.97 Å². The van der Waals surface area contributed by atoms with Crippen molar-refractivity contribution >= 4 is 0 Å². The van der Waals surface area contributed by atoms with Crippen LogP contribution in [-0.2, 0) is 0 Å². The highest BCUT2D eigenvalue weighted by atomic mass is 14.9. The van der Waals surface area contributed by atoms with Crippen LogP contribution in [0, 0.1) is 13.8 Å². The third kappa shape index (κ3) is 1.74. The van der Waals surface area contributed by atoms with Crippen molar-refractivity contribution in [3.63, 3.8) is 0 Å². The summed E-state index contributed by atoms with van der Waals surface area (Å²) in [6.45, 7) is 5.76. The van der Waals surface area contributed by atoms with E-state index < -0.39 is 0 Å². The lowest BCUT2D eigenvalue weighted by atomic mass is 10.1. The summed E-state index contributed by atoms with van der Waals surface area (Å²) in [6.07, 6.45) is 1.79. The maximum Gasteiger partial charge on any atom is 0.125 e. The van der Waals surface area contributed by atoms with Gasteiger partial charge in [0, 0.05) is 23.5 Å². The van der Waals surface area contributed by atoms with Crippen LogP contribution < -0.4 is 5.73 Å². The van der Waals surface area contributed by atoms with Crippen LogP contribution in [0.25, 0.3) is 0 Å². The van der Waals surface area contributed by atoms with Gasteiger partial charge in [0.15, 0.2) is 0 Å². The summed E-state index contributed by atoms with van der Waals surface area (Å²) in [5.74, 6) is 0.798. The van der Waals surface area contributed by atoms with Crippen LogP contribution in [0.2, 0.25) is 0 Å². The molecule has 0 amide bonds. The molecule has 2 N–H and O–H groups in total. The van der Waals surface area contributed by atoms with Crippen molar-refractivity contribution in [1.82, 2.24) is 9.97 Å². The van der Waals surface area contributed by atoms with E-state index in [9.17, 15) is 0 Å². The van der Waals surface area contributed by atoms with E-state index in [1.54, 1.807) is 6.20 Å². The van der Waals surface area contributed by atoms with Gasteiger partial charge in [0.1, 0.15) is 5.82 Å². The Morgan fingerprint density at radius 1 is 1.45 bits per heavy atom. The first kappa shape index (κ1) is 8.14. The van der Waals surface area contributed by atoms with Gasteiger partial charge in [-0.05, 0) is 20.8 Å². The van der Waals surface area contributed by atoms with E-state index in [0.717, 1.165) is 17.1 Å². The molecule has 0 radical (unpaired) electrons. The largest absolute Gasteiger partial charge is 0.324 e. The molecule has 11 heavy (non-hydrogen) atoms. The summed E-state index contributed by atoms with van der Waals surface area (Å²) in [6, 6.07) is 0.0237. The minimum absolute atomic E-state index is 0.0237. The van der Waals surface area contributed by atoms with Gasteiger partial charge in [-0.2, -0.15) is 0 Å². The predicted molar refractivity (Wildman–Crippen MR) is 44.1 cm³/mol. The third-order valence-electron chi connectivity index (χ3n) is 1.63. The highest BCUT2D eigenvalue weighted by Crippen LogP contribution is 2.10. The lowest BCUT2D eigenvalue weighted by Crippen LogP contribution is -2.09. The molecule has 0 saturated heterocycles. The van der Waals surface area contributed by atoms with Gasteiger partial charge in [0.05, 0.1) is 0 Å². The normalized spacial score (nSPS) is 13.1. The first-order valence-electron chi connectivity index (χ1n) is 3.67. The van der Waals surface area contributed by atoms with Gasteiger partial charge in [-0.1, -0.05) is 0 Å². The Kier molecular flexibility index (Phi) is 2.19. The Balaban J connectivity index is 3.09.